The maximum absolute atomic E-state index is 6.50. The summed E-state index contributed by atoms with van der Waals surface area (Å²) >= 11 is 4.31. The summed E-state index contributed by atoms with van der Waals surface area (Å²) in [5.41, 5.74) is 8.39. The maximum Gasteiger partial charge on any atom is 0.143 e. The molecule has 1 heterocycles. The molecule has 1 aromatic heterocycles. The van der Waals surface area contributed by atoms with Gasteiger partial charge in [-0.05, 0) is 77.2 Å². The first kappa shape index (κ1) is 31.0. The smallest absolute Gasteiger partial charge is 0.143 e. The van der Waals surface area contributed by atoms with Crippen molar-refractivity contribution < 1.29 is 4.74 Å². The van der Waals surface area contributed by atoms with Gasteiger partial charge in [-0.3, -0.25) is 0 Å². The van der Waals surface area contributed by atoms with Crippen LogP contribution in [0.3, 0.4) is 0 Å². The molecule has 6 aromatic rings. The number of para-hydroxylation sites is 2. The van der Waals surface area contributed by atoms with Gasteiger partial charge >= 0.3 is 0 Å². The third-order valence-corrected chi connectivity index (χ3v) is 9.21. The molecule has 6 rings (SSSR count). The minimum atomic E-state index is 0.744. The molecule has 0 saturated carbocycles. The zero-order chi connectivity index (χ0) is 30.7. The highest BCUT2D eigenvalue weighted by Gasteiger charge is 2.17. The van der Waals surface area contributed by atoms with Gasteiger partial charge in [0, 0.05) is 10.8 Å². The normalized spacial score (nSPS) is 11.4. The average Bonchev–Trinajstić information content (AvgIpc) is 3.42. The predicted octanol–water partition coefficient (Wildman–Crippen LogP) is 12.3. The molecule has 0 radical (unpaired) electrons. The van der Waals surface area contributed by atoms with Crippen LogP contribution >= 0.6 is 12.6 Å². The lowest BCUT2D eigenvalue weighted by molar-refractivity contribution is 0.303. The fraction of sp³-hybridized carbons (Fsp3) is 0.286. The quantitative estimate of drug-likeness (QED) is 0.0849. The van der Waals surface area contributed by atoms with E-state index in [9.17, 15) is 0 Å². The third-order valence-electron chi connectivity index (χ3n) is 8.90. The van der Waals surface area contributed by atoms with E-state index in [0.717, 1.165) is 30.2 Å². The van der Waals surface area contributed by atoms with Gasteiger partial charge in [0.1, 0.15) is 5.75 Å². The highest BCUT2D eigenvalue weighted by molar-refractivity contribution is 7.80. The Labute approximate surface area is 274 Å². The number of ether oxygens (including phenoxy) is 1. The van der Waals surface area contributed by atoms with Gasteiger partial charge in [-0.2, -0.15) is 12.6 Å². The Hall–Kier alpha value is -3.95. The molecular weight excluding hydrogens is 567 g/mol. The summed E-state index contributed by atoms with van der Waals surface area (Å²) in [5, 5.41) is 2.50. The van der Waals surface area contributed by atoms with Crippen molar-refractivity contribution in [3.05, 3.63) is 121 Å². The van der Waals surface area contributed by atoms with Crippen LogP contribution in [0.4, 0.5) is 0 Å². The van der Waals surface area contributed by atoms with Crippen LogP contribution in [-0.2, 0) is 0 Å². The average molecular weight is 612 g/mol. The topological polar surface area (TPSA) is 14.2 Å². The van der Waals surface area contributed by atoms with E-state index in [1.165, 1.54) is 102 Å². The van der Waals surface area contributed by atoms with E-state index in [-0.39, 0.29) is 0 Å². The SMILES string of the molecule is SCCCCCCCCCCCCOc1ccccc1-n1c2ccc(-c3ccccc3)cc2c2cc(-c3ccccc3)ccc21. The Morgan fingerprint density at radius 3 is 1.44 bits per heavy atom. The summed E-state index contributed by atoms with van der Waals surface area (Å²) in [5.74, 6) is 1.97. The van der Waals surface area contributed by atoms with E-state index in [1.54, 1.807) is 0 Å². The van der Waals surface area contributed by atoms with E-state index in [1.807, 2.05) is 0 Å². The first-order chi connectivity index (χ1) is 22.3. The molecule has 0 spiro atoms. The lowest BCUT2D eigenvalue weighted by atomic mass is 10.0. The molecule has 0 bridgehead atoms. The van der Waals surface area contributed by atoms with Crippen molar-refractivity contribution in [2.45, 2.75) is 64.2 Å². The number of hydrogen-bond acceptors (Lipinski definition) is 2. The van der Waals surface area contributed by atoms with Crippen LogP contribution in [0.15, 0.2) is 121 Å². The first-order valence-electron chi connectivity index (χ1n) is 16.9. The van der Waals surface area contributed by atoms with Crippen LogP contribution in [0.2, 0.25) is 0 Å². The third kappa shape index (κ3) is 7.65. The Morgan fingerprint density at radius 1 is 0.444 bits per heavy atom. The number of hydrogen-bond donors (Lipinski definition) is 1. The molecule has 0 aliphatic rings. The van der Waals surface area contributed by atoms with Crippen molar-refractivity contribution >= 4 is 34.4 Å². The van der Waals surface area contributed by atoms with Crippen molar-refractivity contribution in [1.29, 1.82) is 0 Å². The van der Waals surface area contributed by atoms with Crippen LogP contribution in [0.5, 0.6) is 5.75 Å². The Balaban J connectivity index is 1.23. The predicted molar refractivity (Wildman–Crippen MR) is 197 cm³/mol. The van der Waals surface area contributed by atoms with Gasteiger partial charge in [0.15, 0.2) is 0 Å². The van der Waals surface area contributed by atoms with E-state index in [2.05, 4.69) is 139 Å². The van der Waals surface area contributed by atoms with E-state index >= 15 is 0 Å². The molecule has 0 atom stereocenters. The number of aromatic nitrogens is 1. The van der Waals surface area contributed by atoms with E-state index in [0.29, 0.717) is 0 Å². The van der Waals surface area contributed by atoms with Gasteiger partial charge in [-0.15, -0.1) is 0 Å². The molecule has 0 fully saturated rings. The fourth-order valence-electron chi connectivity index (χ4n) is 6.48. The number of rotatable bonds is 16. The second-order valence-corrected chi connectivity index (χ2v) is 12.6. The van der Waals surface area contributed by atoms with E-state index < -0.39 is 0 Å². The molecule has 230 valence electrons. The summed E-state index contributed by atoms with van der Waals surface area (Å²) in [4.78, 5) is 0. The van der Waals surface area contributed by atoms with Crippen molar-refractivity contribution in [3.63, 3.8) is 0 Å². The minimum absolute atomic E-state index is 0.744. The van der Waals surface area contributed by atoms with Gasteiger partial charge in [-0.25, -0.2) is 0 Å². The Bertz CT molecular complexity index is 1690. The van der Waals surface area contributed by atoms with Gasteiger partial charge in [0.05, 0.1) is 23.3 Å². The largest absolute Gasteiger partial charge is 0.491 e. The summed E-state index contributed by atoms with van der Waals surface area (Å²) in [6.45, 7) is 0.744. The number of nitrogens with zero attached hydrogens (tertiary/aromatic N) is 1. The molecular formula is C42H45NOS. The second-order valence-electron chi connectivity index (χ2n) is 12.1. The Kier molecular flexibility index (Phi) is 10.9. The van der Waals surface area contributed by atoms with Crippen LogP contribution < -0.4 is 4.74 Å². The minimum Gasteiger partial charge on any atom is -0.491 e. The van der Waals surface area contributed by atoms with E-state index in [4.69, 9.17) is 4.74 Å². The highest BCUT2D eigenvalue weighted by Crippen LogP contribution is 2.39. The van der Waals surface area contributed by atoms with Gasteiger partial charge in [0.2, 0.25) is 0 Å². The fourth-order valence-corrected chi connectivity index (χ4v) is 6.70. The molecule has 0 saturated heterocycles. The molecule has 5 aromatic carbocycles. The second kappa shape index (κ2) is 15.9. The van der Waals surface area contributed by atoms with Gasteiger partial charge < -0.3 is 9.30 Å². The lowest BCUT2D eigenvalue weighted by Crippen LogP contribution is -2.02. The number of benzene rings is 5. The van der Waals surface area contributed by atoms with Crippen LogP contribution in [-0.4, -0.2) is 16.9 Å². The number of unbranched alkanes of at least 4 members (excludes halogenated alkanes) is 9. The number of thiol groups is 1. The van der Waals surface area contributed by atoms with Gasteiger partial charge in [-0.1, -0.05) is 136 Å². The summed E-state index contributed by atoms with van der Waals surface area (Å²) in [7, 11) is 0. The molecule has 3 heteroatoms. The van der Waals surface area contributed by atoms with Crippen LogP contribution in [0, 0.1) is 0 Å². The lowest BCUT2D eigenvalue weighted by Gasteiger charge is -2.15. The van der Waals surface area contributed by atoms with Crippen molar-refractivity contribution in [2.24, 2.45) is 0 Å². The van der Waals surface area contributed by atoms with Crippen LogP contribution in [0.1, 0.15) is 64.2 Å². The summed E-state index contributed by atoms with van der Waals surface area (Å²) in [6, 6.07) is 43.6. The summed E-state index contributed by atoms with van der Waals surface area (Å²) in [6.07, 6.45) is 13.0. The zero-order valence-electron chi connectivity index (χ0n) is 26.3. The van der Waals surface area contributed by atoms with Gasteiger partial charge in [0.25, 0.3) is 0 Å². The molecule has 0 aliphatic heterocycles. The van der Waals surface area contributed by atoms with Crippen molar-refractivity contribution in [3.8, 4) is 33.7 Å². The zero-order valence-corrected chi connectivity index (χ0v) is 27.2. The summed E-state index contributed by atoms with van der Waals surface area (Å²) < 4.78 is 8.89. The highest BCUT2D eigenvalue weighted by atomic mass is 32.1. The first-order valence-corrected chi connectivity index (χ1v) is 17.5. The number of fused-ring (bicyclic) bond motifs is 3. The van der Waals surface area contributed by atoms with Crippen molar-refractivity contribution in [1.82, 2.24) is 4.57 Å². The molecule has 0 unspecified atom stereocenters. The maximum atomic E-state index is 6.50. The molecule has 0 aliphatic carbocycles. The van der Waals surface area contributed by atoms with Crippen molar-refractivity contribution in [2.75, 3.05) is 12.4 Å². The molecule has 45 heavy (non-hydrogen) atoms. The molecule has 0 amide bonds. The standard InChI is InChI=1S/C42H45NOS/c45-30-18-8-6-4-2-1-3-5-7-17-29-44-42-24-16-15-23-41(42)43-39-27-25-35(33-19-11-9-12-20-33)31-37(39)38-32-36(26-28-40(38)43)34-21-13-10-14-22-34/h9-16,19-28,31-32,45H,1-8,17-18,29-30H2. The Morgan fingerprint density at radius 2 is 0.911 bits per heavy atom. The monoisotopic (exact) mass is 611 g/mol. The van der Waals surface area contributed by atoms with Crippen LogP contribution in [0.25, 0.3) is 49.7 Å². The molecule has 0 N–H and O–H groups in total. The molecule has 2 nitrogen and oxygen atoms in total.